The Kier molecular flexibility index (Phi) is 8.43. The number of benzene rings is 1. The Morgan fingerprint density at radius 1 is 1.04 bits per heavy atom. The molecular weight excluding hydrogens is 316 g/mol. The van der Waals surface area contributed by atoms with Crippen LogP contribution in [0.5, 0.6) is 0 Å². The molecule has 128 valence electrons. The number of carbonyl (C=O) groups excluding carboxylic acids is 2. The van der Waals surface area contributed by atoms with Crippen molar-refractivity contribution in [3.63, 3.8) is 0 Å². The van der Waals surface area contributed by atoms with Gasteiger partial charge in [0, 0.05) is 57.8 Å². The summed E-state index contributed by atoms with van der Waals surface area (Å²) in [6.07, 6.45) is 0.658. The molecule has 1 aromatic rings. The number of hydrogen-bond acceptors (Lipinski definition) is 4. The molecule has 1 fully saturated rings. The molecule has 0 radical (unpaired) electrons. The minimum Gasteiger partial charge on any atom is -0.368 e. The van der Waals surface area contributed by atoms with E-state index in [2.05, 4.69) is 22.3 Å². The molecule has 0 aliphatic carbocycles. The van der Waals surface area contributed by atoms with Crippen LogP contribution in [0.4, 0.5) is 5.69 Å². The molecule has 2 rings (SSSR count). The highest BCUT2D eigenvalue weighted by Crippen LogP contribution is 2.15. The molecule has 1 heterocycles. The predicted octanol–water partition coefficient (Wildman–Crippen LogP) is 0.612. The van der Waals surface area contributed by atoms with Crippen molar-refractivity contribution in [2.24, 2.45) is 5.73 Å². The number of amides is 2. The molecule has 0 spiro atoms. The highest BCUT2D eigenvalue weighted by atomic mass is 35.5. The zero-order valence-electron chi connectivity index (χ0n) is 13.2. The van der Waals surface area contributed by atoms with Gasteiger partial charge in [0.1, 0.15) is 0 Å². The molecular formula is C16H25ClN4O2. The van der Waals surface area contributed by atoms with Crippen LogP contribution < -0.4 is 16.0 Å². The first-order valence-corrected chi connectivity index (χ1v) is 7.75. The van der Waals surface area contributed by atoms with Gasteiger partial charge in [-0.2, -0.15) is 0 Å². The summed E-state index contributed by atoms with van der Waals surface area (Å²) in [5.74, 6) is 0.00459. The summed E-state index contributed by atoms with van der Waals surface area (Å²) >= 11 is 0. The molecule has 0 unspecified atom stereocenters. The third-order valence-corrected chi connectivity index (χ3v) is 3.79. The van der Waals surface area contributed by atoms with E-state index in [9.17, 15) is 9.59 Å². The molecule has 1 aromatic carbocycles. The minimum absolute atomic E-state index is 0. The van der Waals surface area contributed by atoms with Gasteiger partial charge in [-0.05, 0) is 12.1 Å². The van der Waals surface area contributed by atoms with Gasteiger partial charge in [-0.3, -0.25) is 9.59 Å². The van der Waals surface area contributed by atoms with E-state index in [1.165, 1.54) is 5.69 Å². The minimum atomic E-state index is -0.0933. The Morgan fingerprint density at radius 2 is 1.70 bits per heavy atom. The lowest BCUT2D eigenvalue weighted by molar-refractivity contribution is -0.131. The Hall–Kier alpha value is -1.79. The first-order valence-electron chi connectivity index (χ1n) is 7.75. The average Bonchev–Trinajstić information content (AvgIpc) is 2.56. The highest BCUT2D eigenvalue weighted by Gasteiger charge is 2.20. The van der Waals surface area contributed by atoms with E-state index in [4.69, 9.17) is 5.73 Å². The van der Waals surface area contributed by atoms with Crippen LogP contribution in [0.3, 0.4) is 0 Å². The van der Waals surface area contributed by atoms with Gasteiger partial charge < -0.3 is 20.9 Å². The van der Waals surface area contributed by atoms with E-state index in [0.717, 1.165) is 26.2 Å². The van der Waals surface area contributed by atoms with E-state index in [0.29, 0.717) is 25.9 Å². The zero-order valence-corrected chi connectivity index (χ0v) is 14.1. The molecule has 7 heteroatoms. The second-order valence-corrected chi connectivity index (χ2v) is 5.34. The van der Waals surface area contributed by atoms with E-state index < -0.39 is 0 Å². The van der Waals surface area contributed by atoms with Gasteiger partial charge in [0.15, 0.2) is 0 Å². The van der Waals surface area contributed by atoms with Crippen LogP contribution in [-0.4, -0.2) is 56.0 Å². The molecule has 1 aliphatic rings. The van der Waals surface area contributed by atoms with Crippen molar-refractivity contribution in [3.05, 3.63) is 30.3 Å². The van der Waals surface area contributed by atoms with Crippen LogP contribution in [0.15, 0.2) is 30.3 Å². The number of piperazine rings is 1. The molecule has 0 aromatic heterocycles. The number of anilines is 1. The SMILES string of the molecule is Cl.NCCC(=O)NCCC(=O)N1CCN(c2ccccc2)CC1. The summed E-state index contributed by atoms with van der Waals surface area (Å²) in [5.41, 5.74) is 6.50. The van der Waals surface area contributed by atoms with Crippen LogP contribution in [-0.2, 0) is 9.59 Å². The van der Waals surface area contributed by atoms with Crippen molar-refractivity contribution in [2.75, 3.05) is 44.2 Å². The van der Waals surface area contributed by atoms with Crippen LogP contribution in [0.25, 0.3) is 0 Å². The van der Waals surface area contributed by atoms with Gasteiger partial charge in [0.05, 0.1) is 0 Å². The fraction of sp³-hybridized carbons (Fsp3) is 0.500. The molecule has 0 saturated carbocycles. The Bertz CT molecular complexity index is 490. The third kappa shape index (κ3) is 6.08. The van der Waals surface area contributed by atoms with E-state index in [-0.39, 0.29) is 24.2 Å². The number of carbonyl (C=O) groups is 2. The van der Waals surface area contributed by atoms with Crippen LogP contribution in [0.1, 0.15) is 12.8 Å². The topological polar surface area (TPSA) is 78.7 Å². The summed E-state index contributed by atoms with van der Waals surface area (Å²) < 4.78 is 0. The van der Waals surface area contributed by atoms with Crippen molar-refractivity contribution in [1.29, 1.82) is 0 Å². The van der Waals surface area contributed by atoms with E-state index >= 15 is 0 Å². The highest BCUT2D eigenvalue weighted by molar-refractivity contribution is 5.85. The van der Waals surface area contributed by atoms with Gasteiger partial charge in [0.2, 0.25) is 11.8 Å². The number of nitrogens with one attached hydrogen (secondary N) is 1. The van der Waals surface area contributed by atoms with Crippen molar-refractivity contribution in [3.8, 4) is 0 Å². The molecule has 23 heavy (non-hydrogen) atoms. The lowest BCUT2D eigenvalue weighted by atomic mass is 10.2. The largest absolute Gasteiger partial charge is 0.368 e. The number of para-hydroxylation sites is 1. The maximum atomic E-state index is 12.1. The molecule has 6 nitrogen and oxygen atoms in total. The molecule has 1 aliphatic heterocycles. The van der Waals surface area contributed by atoms with Gasteiger partial charge in [-0.25, -0.2) is 0 Å². The molecule has 1 saturated heterocycles. The van der Waals surface area contributed by atoms with Crippen LogP contribution in [0, 0.1) is 0 Å². The standard InChI is InChI=1S/C16H24N4O2.ClH/c17-8-6-15(21)18-9-7-16(22)20-12-10-19(11-13-20)14-4-2-1-3-5-14;/h1-5H,6-13,17H2,(H,18,21);1H. The van der Waals surface area contributed by atoms with Crippen molar-refractivity contribution < 1.29 is 9.59 Å². The second kappa shape index (κ2) is 10.1. The van der Waals surface area contributed by atoms with Crippen LogP contribution in [0.2, 0.25) is 0 Å². The third-order valence-electron chi connectivity index (χ3n) is 3.79. The van der Waals surface area contributed by atoms with Gasteiger partial charge in [0.25, 0.3) is 0 Å². The Balaban J connectivity index is 0.00000264. The summed E-state index contributed by atoms with van der Waals surface area (Å²) in [7, 11) is 0. The molecule has 3 N–H and O–H groups in total. The van der Waals surface area contributed by atoms with E-state index in [1.807, 2.05) is 23.1 Å². The fourth-order valence-electron chi connectivity index (χ4n) is 2.54. The molecule has 0 bridgehead atoms. The summed E-state index contributed by atoms with van der Waals surface area (Å²) in [6, 6.07) is 10.2. The number of rotatable bonds is 6. The maximum Gasteiger partial charge on any atom is 0.224 e. The lowest BCUT2D eigenvalue weighted by Gasteiger charge is -2.36. The Labute approximate surface area is 143 Å². The summed E-state index contributed by atoms with van der Waals surface area (Å²) in [5, 5.41) is 2.71. The number of nitrogens with zero attached hydrogens (tertiary/aromatic N) is 2. The fourth-order valence-corrected chi connectivity index (χ4v) is 2.54. The van der Waals surface area contributed by atoms with E-state index in [1.54, 1.807) is 0 Å². The quantitative estimate of drug-likeness (QED) is 0.795. The van der Waals surface area contributed by atoms with Crippen molar-refractivity contribution in [2.45, 2.75) is 12.8 Å². The summed E-state index contributed by atoms with van der Waals surface area (Å²) in [4.78, 5) is 27.5. The van der Waals surface area contributed by atoms with Crippen molar-refractivity contribution in [1.82, 2.24) is 10.2 Å². The summed E-state index contributed by atoms with van der Waals surface area (Å²) in [6.45, 7) is 3.86. The predicted molar refractivity (Wildman–Crippen MR) is 93.8 cm³/mol. The normalized spacial score (nSPS) is 14.1. The second-order valence-electron chi connectivity index (χ2n) is 5.34. The smallest absolute Gasteiger partial charge is 0.224 e. The maximum absolute atomic E-state index is 12.1. The first kappa shape index (κ1) is 19.3. The Morgan fingerprint density at radius 3 is 2.30 bits per heavy atom. The monoisotopic (exact) mass is 340 g/mol. The number of nitrogens with two attached hydrogens (primary N) is 1. The molecule has 2 amide bonds. The zero-order chi connectivity index (χ0) is 15.8. The van der Waals surface area contributed by atoms with Crippen LogP contribution >= 0.6 is 12.4 Å². The lowest BCUT2D eigenvalue weighted by Crippen LogP contribution is -2.49. The van der Waals surface area contributed by atoms with Gasteiger partial charge in [-0.15, -0.1) is 12.4 Å². The van der Waals surface area contributed by atoms with Gasteiger partial charge in [-0.1, -0.05) is 18.2 Å². The number of halogens is 1. The van der Waals surface area contributed by atoms with Gasteiger partial charge >= 0.3 is 0 Å². The number of hydrogen-bond donors (Lipinski definition) is 2. The molecule has 0 atom stereocenters. The van der Waals surface area contributed by atoms with Crippen molar-refractivity contribution >= 4 is 29.9 Å². The average molecular weight is 341 g/mol. The first-order chi connectivity index (χ1) is 10.7.